The smallest absolute Gasteiger partial charge is 0.249 e. The lowest BCUT2D eigenvalue weighted by Gasteiger charge is -2.19. The molecule has 2 aromatic carbocycles. The van der Waals surface area contributed by atoms with Crippen LogP contribution in [0, 0.1) is 0 Å². The van der Waals surface area contributed by atoms with Crippen LogP contribution in [0.1, 0.15) is 51.4 Å². The van der Waals surface area contributed by atoms with Crippen LogP contribution in [0.25, 0.3) is 11.0 Å². The van der Waals surface area contributed by atoms with Gasteiger partial charge >= 0.3 is 0 Å². The minimum Gasteiger partial charge on any atom is -0.492 e. The molecule has 1 N–H and O–H groups in total. The minimum atomic E-state index is -0.274. The van der Waals surface area contributed by atoms with Crippen LogP contribution in [0.5, 0.6) is 5.75 Å². The number of hydrogen-bond acceptors (Lipinski definition) is 4. The van der Waals surface area contributed by atoms with Crippen molar-refractivity contribution in [3.63, 3.8) is 0 Å². The van der Waals surface area contributed by atoms with E-state index in [-0.39, 0.29) is 17.4 Å². The Morgan fingerprint density at radius 2 is 1.97 bits per heavy atom. The van der Waals surface area contributed by atoms with E-state index in [1.807, 2.05) is 30.3 Å². The first kappa shape index (κ1) is 23.3. The summed E-state index contributed by atoms with van der Waals surface area (Å²) in [5.74, 6) is 1.91. The normalized spacial score (nSPS) is 16.3. The van der Waals surface area contributed by atoms with E-state index in [1.54, 1.807) is 0 Å². The molecule has 1 atom stereocenters. The van der Waals surface area contributed by atoms with Crippen LogP contribution < -0.4 is 10.1 Å². The zero-order chi connectivity index (χ0) is 23.3. The third-order valence-corrected chi connectivity index (χ3v) is 6.14. The second kappa shape index (κ2) is 10.4. The fraction of sp³-hybridized carbons (Fsp3) is 0.481. The molecular weight excluding hydrogens is 414 g/mol. The average Bonchev–Trinajstić information content (AvgIpc) is 3.45. The van der Waals surface area contributed by atoms with E-state index in [0.29, 0.717) is 19.8 Å². The van der Waals surface area contributed by atoms with E-state index in [1.165, 1.54) is 5.56 Å². The number of nitrogens with zero attached hydrogens (tertiary/aromatic N) is 2. The summed E-state index contributed by atoms with van der Waals surface area (Å²) in [6.45, 7) is 9.23. The molecule has 2 heterocycles. The van der Waals surface area contributed by atoms with Crippen molar-refractivity contribution in [2.75, 3.05) is 19.8 Å². The molecule has 0 bridgehead atoms. The molecule has 1 fully saturated rings. The van der Waals surface area contributed by atoms with Crippen LogP contribution in [0.15, 0.2) is 48.5 Å². The molecule has 0 saturated carbocycles. The van der Waals surface area contributed by atoms with Gasteiger partial charge in [0.2, 0.25) is 5.91 Å². The molecule has 6 nitrogen and oxygen atoms in total. The number of aromatic nitrogens is 2. The Morgan fingerprint density at radius 3 is 2.70 bits per heavy atom. The van der Waals surface area contributed by atoms with Crippen molar-refractivity contribution in [3.8, 4) is 5.75 Å². The van der Waals surface area contributed by atoms with E-state index in [2.05, 4.69) is 48.9 Å². The van der Waals surface area contributed by atoms with Gasteiger partial charge in [0.05, 0.1) is 17.6 Å². The Kier molecular flexibility index (Phi) is 7.33. The molecule has 1 aliphatic rings. The Morgan fingerprint density at radius 1 is 1.18 bits per heavy atom. The Labute approximate surface area is 196 Å². The third-order valence-electron chi connectivity index (χ3n) is 6.14. The summed E-state index contributed by atoms with van der Waals surface area (Å²) in [4.78, 5) is 17.0. The maximum atomic E-state index is 12.1. The largest absolute Gasteiger partial charge is 0.492 e. The number of carbonyl (C=O) groups is 1. The van der Waals surface area contributed by atoms with Gasteiger partial charge in [-0.05, 0) is 54.5 Å². The molecule has 0 radical (unpaired) electrons. The summed E-state index contributed by atoms with van der Waals surface area (Å²) in [6.07, 6.45) is 3.13. The highest BCUT2D eigenvalue weighted by Gasteiger charge is 2.23. The van der Waals surface area contributed by atoms with Gasteiger partial charge in [-0.3, -0.25) is 4.79 Å². The maximum absolute atomic E-state index is 12.1. The lowest BCUT2D eigenvalue weighted by molar-refractivity contribution is -0.130. The Balaban J connectivity index is 1.34. The minimum absolute atomic E-state index is 0.00637. The number of benzene rings is 2. The molecule has 1 saturated heterocycles. The number of carbonyl (C=O) groups excluding carboxylic acids is 1. The van der Waals surface area contributed by atoms with Crippen LogP contribution >= 0.6 is 0 Å². The molecule has 1 aliphatic heterocycles. The molecule has 1 amide bonds. The highest BCUT2D eigenvalue weighted by Crippen LogP contribution is 2.24. The van der Waals surface area contributed by atoms with E-state index < -0.39 is 0 Å². The monoisotopic (exact) mass is 449 g/mol. The summed E-state index contributed by atoms with van der Waals surface area (Å²) >= 11 is 0. The van der Waals surface area contributed by atoms with Crippen LogP contribution in [0.3, 0.4) is 0 Å². The first-order valence-corrected chi connectivity index (χ1v) is 12.0. The van der Waals surface area contributed by atoms with Gasteiger partial charge in [-0.2, -0.15) is 0 Å². The van der Waals surface area contributed by atoms with E-state index in [4.69, 9.17) is 14.5 Å². The van der Waals surface area contributed by atoms with Crippen molar-refractivity contribution < 1.29 is 14.3 Å². The predicted molar refractivity (Wildman–Crippen MR) is 131 cm³/mol. The van der Waals surface area contributed by atoms with Crippen molar-refractivity contribution in [1.29, 1.82) is 0 Å². The van der Waals surface area contributed by atoms with Gasteiger partial charge in [0.1, 0.15) is 24.3 Å². The second-order valence-corrected chi connectivity index (χ2v) is 9.69. The van der Waals surface area contributed by atoms with Gasteiger partial charge in [0.15, 0.2) is 0 Å². The van der Waals surface area contributed by atoms with Gasteiger partial charge in [-0.15, -0.1) is 0 Å². The van der Waals surface area contributed by atoms with E-state index in [0.717, 1.165) is 54.8 Å². The highest BCUT2D eigenvalue weighted by molar-refractivity contribution is 5.80. The number of para-hydroxylation sites is 2. The Bertz CT molecular complexity index is 1060. The van der Waals surface area contributed by atoms with Crippen molar-refractivity contribution >= 4 is 16.9 Å². The number of ether oxygens (including phenoxy) is 2. The van der Waals surface area contributed by atoms with Gasteiger partial charge in [0, 0.05) is 19.6 Å². The molecule has 0 aliphatic carbocycles. The quantitative estimate of drug-likeness (QED) is 0.483. The number of hydrogen-bond donors (Lipinski definition) is 1. The molecule has 1 aromatic heterocycles. The third kappa shape index (κ3) is 5.93. The zero-order valence-electron chi connectivity index (χ0n) is 20.0. The molecule has 1 unspecified atom stereocenters. The van der Waals surface area contributed by atoms with Crippen LogP contribution in [0.2, 0.25) is 0 Å². The SMILES string of the molecule is CC(C)(C)c1ccc(OCCn2c(CCCNC(=O)C3CCCO3)nc3ccccc32)cc1. The molecule has 33 heavy (non-hydrogen) atoms. The van der Waals surface area contributed by atoms with Gasteiger partial charge in [0.25, 0.3) is 0 Å². The van der Waals surface area contributed by atoms with E-state index in [9.17, 15) is 4.79 Å². The van der Waals surface area contributed by atoms with Crippen molar-refractivity contribution in [2.45, 2.75) is 64.5 Å². The summed E-state index contributed by atoms with van der Waals surface area (Å²) in [5, 5.41) is 3.00. The summed E-state index contributed by atoms with van der Waals surface area (Å²) in [7, 11) is 0. The standard InChI is InChI=1S/C27H35N3O3/c1-27(2,3)20-12-14-21(15-13-20)32-19-17-30-23-9-5-4-8-22(23)29-25(30)11-6-16-28-26(31)24-10-7-18-33-24/h4-5,8-9,12-15,24H,6-7,10-11,16-19H2,1-3H3,(H,28,31). The van der Waals surface area contributed by atoms with Gasteiger partial charge in [-0.25, -0.2) is 4.98 Å². The molecular formula is C27H35N3O3. The molecule has 176 valence electrons. The summed E-state index contributed by atoms with van der Waals surface area (Å²) in [5.41, 5.74) is 3.53. The number of rotatable bonds is 9. The number of imidazole rings is 1. The summed E-state index contributed by atoms with van der Waals surface area (Å²) < 4.78 is 13.7. The summed E-state index contributed by atoms with van der Waals surface area (Å²) in [6, 6.07) is 16.6. The fourth-order valence-corrected chi connectivity index (χ4v) is 4.23. The first-order valence-electron chi connectivity index (χ1n) is 12.0. The first-order chi connectivity index (χ1) is 15.9. The lowest BCUT2D eigenvalue weighted by atomic mass is 9.87. The molecule has 3 aromatic rings. The Hall–Kier alpha value is -2.86. The van der Waals surface area contributed by atoms with Crippen molar-refractivity contribution in [2.24, 2.45) is 0 Å². The van der Waals surface area contributed by atoms with Gasteiger partial charge < -0.3 is 19.4 Å². The van der Waals surface area contributed by atoms with Crippen molar-refractivity contribution in [3.05, 3.63) is 59.9 Å². The van der Waals surface area contributed by atoms with Gasteiger partial charge in [-0.1, -0.05) is 45.0 Å². The van der Waals surface area contributed by atoms with Crippen LogP contribution in [0.4, 0.5) is 0 Å². The highest BCUT2D eigenvalue weighted by atomic mass is 16.5. The average molecular weight is 450 g/mol. The number of amides is 1. The number of nitrogens with one attached hydrogen (secondary N) is 1. The van der Waals surface area contributed by atoms with Crippen LogP contribution in [-0.2, 0) is 27.9 Å². The van der Waals surface area contributed by atoms with E-state index >= 15 is 0 Å². The fourth-order valence-electron chi connectivity index (χ4n) is 4.23. The maximum Gasteiger partial charge on any atom is 0.249 e. The molecule has 6 heteroatoms. The molecule has 4 rings (SSSR count). The van der Waals surface area contributed by atoms with Crippen molar-refractivity contribution in [1.82, 2.24) is 14.9 Å². The lowest BCUT2D eigenvalue weighted by Crippen LogP contribution is -2.34. The number of fused-ring (bicyclic) bond motifs is 1. The number of aryl methyl sites for hydroxylation is 1. The predicted octanol–water partition coefficient (Wildman–Crippen LogP) is 4.64. The van der Waals surface area contributed by atoms with Crippen LogP contribution in [-0.4, -0.2) is 41.3 Å². The second-order valence-electron chi connectivity index (χ2n) is 9.69. The topological polar surface area (TPSA) is 65.4 Å². The zero-order valence-corrected chi connectivity index (χ0v) is 20.0. The molecule has 0 spiro atoms.